The van der Waals surface area contributed by atoms with Crippen LogP contribution in [-0.2, 0) is 0 Å². The Bertz CT molecular complexity index is 1140. The van der Waals surface area contributed by atoms with E-state index in [1.807, 2.05) is 48.5 Å². The molecule has 0 aliphatic rings. The van der Waals surface area contributed by atoms with E-state index in [4.69, 9.17) is 11.6 Å². The number of hydrogen-bond acceptors (Lipinski definition) is 2. The molecular formula is C22H12ClFN2. The maximum Gasteiger partial charge on any atom is 0.161 e. The maximum absolute atomic E-state index is 13.1. The van der Waals surface area contributed by atoms with Gasteiger partial charge in [0.1, 0.15) is 11.0 Å². The summed E-state index contributed by atoms with van der Waals surface area (Å²) >= 11 is 6.36. The average molecular weight is 359 g/mol. The zero-order chi connectivity index (χ0) is 17.9. The minimum Gasteiger partial charge on any atom is -0.228 e. The number of halogens is 2. The molecule has 0 N–H and O–H groups in total. The summed E-state index contributed by atoms with van der Waals surface area (Å²) in [5.74, 6) is 6.41. The monoisotopic (exact) mass is 358 g/mol. The summed E-state index contributed by atoms with van der Waals surface area (Å²) in [5, 5.41) is 1.08. The largest absolute Gasteiger partial charge is 0.228 e. The highest BCUT2D eigenvalue weighted by atomic mass is 35.5. The average Bonchev–Trinajstić information content (AvgIpc) is 2.68. The minimum absolute atomic E-state index is 0.303. The van der Waals surface area contributed by atoms with Gasteiger partial charge in [0.25, 0.3) is 0 Å². The van der Waals surface area contributed by atoms with Crippen molar-refractivity contribution >= 4 is 22.5 Å². The van der Waals surface area contributed by atoms with Crippen LogP contribution in [-0.4, -0.2) is 9.97 Å². The molecule has 4 aromatic rings. The summed E-state index contributed by atoms with van der Waals surface area (Å²) < 4.78 is 13.1. The molecule has 0 radical (unpaired) electrons. The van der Waals surface area contributed by atoms with Crippen LogP contribution >= 0.6 is 11.6 Å². The molecule has 0 aliphatic heterocycles. The Hall–Kier alpha value is -3.22. The Kier molecular flexibility index (Phi) is 4.35. The standard InChI is InChI=1S/C22H12ClFN2/c23-21-19-14-16(7-6-15-4-2-1-3-5-15)8-13-20(19)25-22(26-21)17-9-11-18(24)12-10-17/h1-5,8-14H. The Morgan fingerprint density at radius 2 is 1.50 bits per heavy atom. The van der Waals surface area contributed by atoms with E-state index in [2.05, 4.69) is 21.8 Å². The molecule has 0 saturated carbocycles. The molecule has 0 fully saturated rings. The van der Waals surface area contributed by atoms with Gasteiger partial charge in [-0.05, 0) is 54.6 Å². The van der Waals surface area contributed by atoms with E-state index in [9.17, 15) is 4.39 Å². The summed E-state index contributed by atoms with van der Waals surface area (Å²) in [7, 11) is 0. The van der Waals surface area contributed by atoms with Crippen molar-refractivity contribution in [3.63, 3.8) is 0 Å². The molecule has 1 aromatic heterocycles. The lowest BCUT2D eigenvalue weighted by Gasteiger charge is -2.05. The summed E-state index contributed by atoms with van der Waals surface area (Å²) in [4.78, 5) is 8.87. The van der Waals surface area contributed by atoms with Gasteiger partial charge >= 0.3 is 0 Å². The zero-order valence-electron chi connectivity index (χ0n) is 13.6. The van der Waals surface area contributed by atoms with E-state index in [-0.39, 0.29) is 5.82 Å². The maximum atomic E-state index is 13.1. The normalized spacial score (nSPS) is 10.4. The van der Waals surface area contributed by atoms with Crippen molar-refractivity contribution in [3.8, 4) is 23.2 Å². The third kappa shape index (κ3) is 3.42. The van der Waals surface area contributed by atoms with Crippen molar-refractivity contribution in [2.75, 3.05) is 0 Å². The SMILES string of the molecule is Fc1ccc(-c2nc(Cl)c3cc(C#Cc4ccccc4)ccc3n2)cc1. The van der Waals surface area contributed by atoms with Crippen LogP contribution in [0.25, 0.3) is 22.3 Å². The van der Waals surface area contributed by atoms with E-state index >= 15 is 0 Å². The molecule has 0 bridgehead atoms. The second-order valence-corrected chi connectivity index (χ2v) is 6.05. The molecule has 0 saturated heterocycles. The molecule has 0 spiro atoms. The van der Waals surface area contributed by atoms with Crippen LogP contribution in [0.2, 0.25) is 5.15 Å². The fraction of sp³-hybridized carbons (Fsp3) is 0. The topological polar surface area (TPSA) is 25.8 Å². The van der Waals surface area contributed by atoms with Crippen LogP contribution in [0.3, 0.4) is 0 Å². The van der Waals surface area contributed by atoms with Gasteiger partial charge in [-0.2, -0.15) is 0 Å². The number of fused-ring (bicyclic) bond motifs is 1. The first-order chi connectivity index (χ1) is 12.7. The number of hydrogen-bond donors (Lipinski definition) is 0. The second kappa shape index (κ2) is 6.95. The third-order valence-corrected chi connectivity index (χ3v) is 4.16. The van der Waals surface area contributed by atoms with Gasteiger partial charge in [0.15, 0.2) is 5.82 Å². The predicted octanol–water partition coefficient (Wildman–Crippen LogP) is 5.49. The smallest absolute Gasteiger partial charge is 0.161 e. The van der Waals surface area contributed by atoms with Gasteiger partial charge in [-0.1, -0.05) is 41.6 Å². The number of aromatic nitrogens is 2. The van der Waals surface area contributed by atoms with E-state index < -0.39 is 0 Å². The van der Waals surface area contributed by atoms with Crippen LogP contribution in [0.4, 0.5) is 4.39 Å². The van der Waals surface area contributed by atoms with Crippen LogP contribution in [0, 0.1) is 17.7 Å². The van der Waals surface area contributed by atoms with E-state index in [0.717, 1.165) is 22.0 Å². The Morgan fingerprint density at radius 3 is 2.27 bits per heavy atom. The lowest BCUT2D eigenvalue weighted by Crippen LogP contribution is -1.92. The highest BCUT2D eigenvalue weighted by Crippen LogP contribution is 2.25. The summed E-state index contributed by atoms with van der Waals surface area (Å²) in [6.45, 7) is 0. The first-order valence-electron chi connectivity index (χ1n) is 7.99. The Labute approximate surface area is 155 Å². The molecule has 0 aliphatic carbocycles. The highest BCUT2D eigenvalue weighted by Gasteiger charge is 2.08. The summed E-state index contributed by atoms with van der Waals surface area (Å²) in [6.07, 6.45) is 0. The molecular weight excluding hydrogens is 347 g/mol. The minimum atomic E-state index is -0.303. The molecule has 4 heteroatoms. The zero-order valence-corrected chi connectivity index (χ0v) is 14.3. The van der Waals surface area contributed by atoms with Crippen molar-refractivity contribution in [3.05, 3.63) is 94.9 Å². The molecule has 4 rings (SSSR count). The van der Waals surface area contributed by atoms with E-state index in [1.165, 1.54) is 12.1 Å². The third-order valence-electron chi connectivity index (χ3n) is 3.88. The molecule has 3 aromatic carbocycles. The number of benzene rings is 3. The summed E-state index contributed by atoms with van der Waals surface area (Å²) in [5.41, 5.74) is 3.21. The van der Waals surface area contributed by atoms with Gasteiger partial charge in [0, 0.05) is 22.1 Å². The summed E-state index contributed by atoms with van der Waals surface area (Å²) in [6, 6.07) is 21.4. The lowest BCUT2D eigenvalue weighted by atomic mass is 10.1. The van der Waals surface area contributed by atoms with Gasteiger partial charge in [-0.3, -0.25) is 0 Å². The molecule has 124 valence electrons. The molecule has 0 unspecified atom stereocenters. The predicted molar refractivity (Wildman–Crippen MR) is 102 cm³/mol. The van der Waals surface area contributed by atoms with E-state index in [1.54, 1.807) is 12.1 Å². The Morgan fingerprint density at radius 1 is 0.769 bits per heavy atom. The first kappa shape index (κ1) is 16.3. The second-order valence-electron chi connectivity index (χ2n) is 5.69. The quantitative estimate of drug-likeness (QED) is 0.332. The number of nitrogens with zero attached hydrogens (tertiary/aromatic N) is 2. The molecule has 0 amide bonds. The Balaban J connectivity index is 1.73. The molecule has 2 nitrogen and oxygen atoms in total. The molecule has 26 heavy (non-hydrogen) atoms. The van der Waals surface area contributed by atoms with Gasteiger partial charge in [-0.15, -0.1) is 0 Å². The van der Waals surface area contributed by atoms with Gasteiger partial charge < -0.3 is 0 Å². The fourth-order valence-corrected chi connectivity index (χ4v) is 2.79. The van der Waals surface area contributed by atoms with Crippen molar-refractivity contribution in [2.45, 2.75) is 0 Å². The molecule has 0 atom stereocenters. The highest BCUT2D eigenvalue weighted by molar-refractivity contribution is 6.34. The van der Waals surface area contributed by atoms with Crippen molar-refractivity contribution in [2.24, 2.45) is 0 Å². The van der Waals surface area contributed by atoms with Crippen molar-refractivity contribution < 1.29 is 4.39 Å². The molecule has 1 heterocycles. The van der Waals surface area contributed by atoms with Crippen LogP contribution in [0.5, 0.6) is 0 Å². The fourth-order valence-electron chi connectivity index (χ4n) is 2.56. The van der Waals surface area contributed by atoms with E-state index in [0.29, 0.717) is 16.5 Å². The van der Waals surface area contributed by atoms with Crippen molar-refractivity contribution in [1.82, 2.24) is 9.97 Å². The number of rotatable bonds is 1. The van der Waals surface area contributed by atoms with Gasteiger partial charge in [0.2, 0.25) is 0 Å². The first-order valence-corrected chi connectivity index (χ1v) is 8.37. The van der Waals surface area contributed by atoms with Crippen LogP contribution < -0.4 is 0 Å². The van der Waals surface area contributed by atoms with Crippen LogP contribution in [0.15, 0.2) is 72.8 Å². The van der Waals surface area contributed by atoms with Crippen LogP contribution in [0.1, 0.15) is 11.1 Å². The lowest BCUT2D eigenvalue weighted by molar-refractivity contribution is 0.628. The van der Waals surface area contributed by atoms with Gasteiger partial charge in [-0.25, -0.2) is 14.4 Å². The van der Waals surface area contributed by atoms with Gasteiger partial charge in [0.05, 0.1) is 5.52 Å². The van der Waals surface area contributed by atoms with Crippen molar-refractivity contribution in [1.29, 1.82) is 0 Å².